The number of hydrogen-bond donors (Lipinski definition) is 2. The maximum Gasteiger partial charge on any atom is 0.301 e. The standard InChI is InChI=1S/C13H21Cl2N3O2S/c1-4-16-6-5-7-18(3)21(19,20)17-13-9-11(14)10(2)8-12(13)15/h8-9,16-17H,4-7H2,1-3H3. The fourth-order valence-corrected chi connectivity index (χ4v) is 3.12. The topological polar surface area (TPSA) is 61.4 Å². The SMILES string of the molecule is CCNCCCN(C)S(=O)(=O)Nc1cc(Cl)c(C)cc1Cl. The summed E-state index contributed by atoms with van der Waals surface area (Å²) in [5.41, 5.74) is 1.08. The van der Waals surface area contributed by atoms with Gasteiger partial charge >= 0.3 is 10.2 Å². The van der Waals surface area contributed by atoms with Gasteiger partial charge in [0.05, 0.1) is 10.7 Å². The average molecular weight is 354 g/mol. The van der Waals surface area contributed by atoms with Gasteiger partial charge in [0.15, 0.2) is 0 Å². The van der Waals surface area contributed by atoms with Gasteiger partial charge in [0.25, 0.3) is 0 Å². The van der Waals surface area contributed by atoms with E-state index in [0.29, 0.717) is 16.6 Å². The fourth-order valence-electron chi connectivity index (χ4n) is 1.67. The largest absolute Gasteiger partial charge is 0.317 e. The number of nitrogens with one attached hydrogen (secondary N) is 2. The monoisotopic (exact) mass is 353 g/mol. The van der Waals surface area contributed by atoms with Crippen LogP contribution in [0.3, 0.4) is 0 Å². The maximum atomic E-state index is 12.2. The van der Waals surface area contributed by atoms with Crippen LogP contribution in [-0.2, 0) is 10.2 Å². The van der Waals surface area contributed by atoms with Crippen LogP contribution >= 0.6 is 23.2 Å². The zero-order valence-corrected chi connectivity index (χ0v) is 14.7. The van der Waals surface area contributed by atoms with E-state index in [1.54, 1.807) is 13.0 Å². The van der Waals surface area contributed by atoms with Crippen molar-refractivity contribution in [3.8, 4) is 0 Å². The van der Waals surface area contributed by atoms with Gasteiger partial charge in [-0.05, 0) is 44.1 Å². The van der Waals surface area contributed by atoms with Crippen LogP contribution in [0.25, 0.3) is 0 Å². The van der Waals surface area contributed by atoms with Crippen LogP contribution in [0.5, 0.6) is 0 Å². The first-order valence-corrected chi connectivity index (χ1v) is 8.88. The molecular formula is C13H21Cl2N3O2S. The van der Waals surface area contributed by atoms with Crippen molar-refractivity contribution in [3.63, 3.8) is 0 Å². The van der Waals surface area contributed by atoms with Gasteiger partial charge in [0, 0.05) is 18.6 Å². The summed E-state index contributed by atoms with van der Waals surface area (Å²) in [6.45, 7) is 5.86. The molecule has 0 aliphatic carbocycles. The minimum absolute atomic E-state index is 0.283. The smallest absolute Gasteiger partial charge is 0.301 e. The van der Waals surface area contributed by atoms with E-state index in [0.717, 1.165) is 25.1 Å². The minimum atomic E-state index is -3.64. The summed E-state index contributed by atoms with van der Waals surface area (Å²) in [5.74, 6) is 0. The maximum absolute atomic E-state index is 12.2. The van der Waals surface area contributed by atoms with Crippen LogP contribution in [0.15, 0.2) is 12.1 Å². The minimum Gasteiger partial charge on any atom is -0.317 e. The lowest BCUT2D eigenvalue weighted by Gasteiger charge is -2.19. The first kappa shape index (κ1) is 18.5. The zero-order chi connectivity index (χ0) is 16.0. The molecule has 0 spiro atoms. The molecule has 1 aromatic carbocycles. The number of halogens is 2. The van der Waals surface area contributed by atoms with Gasteiger partial charge in [-0.2, -0.15) is 12.7 Å². The molecule has 1 aromatic rings. The summed E-state index contributed by atoms with van der Waals surface area (Å²) < 4.78 is 28.1. The first-order chi connectivity index (χ1) is 9.77. The van der Waals surface area contributed by atoms with Gasteiger partial charge in [0.2, 0.25) is 0 Å². The highest BCUT2D eigenvalue weighted by Gasteiger charge is 2.19. The van der Waals surface area contributed by atoms with E-state index in [-0.39, 0.29) is 5.69 Å². The molecule has 0 amide bonds. The molecule has 0 saturated heterocycles. The van der Waals surface area contributed by atoms with Gasteiger partial charge in [-0.25, -0.2) is 0 Å². The first-order valence-electron chi connectivity index (χ1n) is 6.68. The Kier molecular flexibility index (Phi) is 7.23. The van der Waals surface area contributed by atoms with Crippen LogP contribution in [0, 0.1) is 6.92 Å². The molecule has 8 heteroatoms. The van der Waals surface area contributed by atoms with Crippen LogP contribution in [0.1, 0.15) is 18.9 Å². The van der Waals surface area contributed by atoms with Gasteiger partial charge in [0.1, 0.15) is 0 Å². The Morgan fingerprint density at radius 2 is 1.90 bits per heavy atom. The van der Waals surface area contributed by atoms with Crippen molar-refractivity contribution >= 4 is 39.1 Å². The highest BCUT2D eigenvalue weighted by Crippen LogP contribution is 2.29. The van der Waals surface area contributed by atoms with Crippen molar-refractivity contribution in [2.24, 2.45) is 0 Å². The molecule has 0 aromatic heterocycles. The van der Waals surface area contributed by atoms with E-state index >= 15 is 0 Å². The van der Waals surface area contributed by atoms with Gasteiger partial charge in [-0.1, -0.05) is 30.1 Å². The summed E-state index contributed by atoms with van der Waals surface area (Å²) in [6, 6.07) is 3.15. The van der Waals surface area contributed by atoms with Crippen molar-refractivity contribution in [3.05, 3.63) is 27.7 Å². The lowest BCUT2D eigenvalue weighted by molar-refractivity contribution is 0.459. The second-order valence-electron chi connectivity index (χ2n) is 4.72. The lowest BCUT2D eigenvalue weighted by atomic mass is 10.2. The second kappa shape index (κ2) is 8.19. The second-order valence-corrected chi connectivity index (χ2v) is 7.31. The van der Waals surface area contributed by atoms with Crippen LogP contribution in [-0.4, -0.2) is 39.4 Å². The van der Waals surface area contributed by atoms with Crippen molar-refractivity contribution in [1.82, 2.24) is 9.62 Å². The number of benzene rings is 1. The Hall–Kier alpha value is -0.530. The number of rotatable bonds is 8. The quantitative estimate of drug-likeness (QED) is 0.706. The Morgan fingerprint density at radius 1 is 1.24 bits per heavy atom. The van der Waals surface area contributed by atoms with E-state index in [1.165, 1.54) is 17.4 Å². The molecule has 2 N–H and O–H groups in total. The van der Waals surface area contributed by atoms with Crippen LogP contribution in [0.4, 0.5) is 5.69 Å². The fraction of sp³-hybridized carbons (Fsp3) is 0.538. The van der Waals surface area contributed by atoms with Crippen LogP contribution < -0.4 is 10.0 Å². The van der Waals surface area contributed by atoms with Gasteiger partial charge in [-0.3, -0.25) is 4.72 Å². The van der Waals surface area contributed by atoms with E-state index < -0.39 is 10.2 Å². The third-order valence-corrected chi connectivity index (χ3v) is 5.18. The molecule has 0 aliphatic rings. The average Bonchev–Trinajstić information content (AvgIpc) is 2.40. The van der Waals surface area contributed by atoms with Crippen molar-refractivity contribution < 1.29 is 8.42 Å². The van der Waals surface area contributed by atoms with E-state index in [9.17, 15) is 8.42 Å². The molecule has 5 nitrogen and oxygen atoms in total. The molecule has 0 radical (unpaired) electrons. The van der Waals surface area contributed by atoms with Crippen molar-refractivity contribution in [2.45, 2.75) is 20.3 Å². The van der Waals surface area contributed by atoms with Crippen LogP contribution in [0.2, 0.25) is 10.0 Å². The third kappa shape index (κ3) is 5.64. The Bertz CT molecular complexity index is 579. The normalized spacial score (nSPS) is 11.9. The number of anilines is 1. The molecule has 0 unspecified atom stereocenters. The molecule has 0 bridgehead atoms. The summed E-state index contributed by atoms with van der Waals surface area (Å²) in [4.78, 5) is 0. The summed E-state index contributed by atoms with van der Waals surface area (Å²) in [5, 5.41) is 3.93. The third-order valence-electron chi connectivity index (χ3n) is 2.97. The predicted molar refractivity (Wildman–Crippen MR) is 89.5 cm³/mol. The summed E-state index contributed by atoms with van der Waals surface area (Å²) >= 11 is 12.0. The molecule has 0 saturated carbocycles. The lowest BCUT2D eigenvalue weighted by Crippen LogP contribution is -2.34. The highest BCUT2D eigenvalue weighted by atomic mass is 35.5. The molecule has 0 atom stereocenters. The molecule has 21 heavy (non-hydrogen) atoms. The molecular weight excluding hydrogens is 333 g/mol. The molecule has 0 aliphatic heterocycles. The Morgan fingerprint density at radius 3 is 2.52 bits per heavy atom. The summed E-state index contributed by atoms with van der Waals surface area (Å²) in [6.07, 6.45) is 0.730. The van der Waals surface area contributed by atoms with Gasteiger partial charge < -0.3 is 5.32 Å². The summed E-state index contributed by atoms with van der Waals surface area (Å²) in [7, 11) is -2.11. The number of hydrogen-bond acceptors (Lipinski definition) is 3. The number of aryl methyl sites for hydroxylation is 1. The zero-order valence-electron chi connectivity index (χ0n) is 12.4. The molecule has 1 rings (SSSR count). The highest BCUT2D eigenvalue weighted by molar-refractivity contribution is 7.90. The Balaban J connectivity index is 2.74. The molecule has 0 fully saturated rings. The Labute approximate surface area is 136 Å². The van der Waals surface area contributed by atoms with Gasteiger partial charge in [-0.15, -0.1) is 0 Å². The van der Waals surface area contributed by atoms with E-state index in [4.69, 9.17) is 23.2 Å². The molecule has 0 heterocycles. The van der Waals surface area contributed by atoms with Crippen molar-refractivity contribution in [1.29, 1.82) is 0 Å². The molecule has 120 valence electrons. The predicted octanol–water partition coefficient (Wildman–Crippen LogP) is 2.89. The van der Waals surface area contributed by atoms with E-state index in [1.807, 2.05) is 6.92 Å². The number of nitrogens with zero attached hydrogens (tertiary/aromatic N) is 1. The van der Waals surface area contributed by atoms with Crippen molar-refractivity contribution in [2.75, 3.05) is 31.4 Å². The van der Waals surface area contributed by atoms with E-state index in [2.05, 4.69) is 10.0 Å².